The molecule has 7 aromatic carbocycles. The van der Waals surface area contributed by atoms with Gasteiger partial charge in [0.1, 0.15) is 28.8 Å². The molecule has 6 heteroatoms. The van der Waals surface area contributed by atoms with Gasteiger partial charge in [-0.15, -0.1) is 0 Å². The van der Waals surface area contributed by atoms with Crippen molar-refractivity contribution in [2.75, 3.05) is 0 Å². The second-order valence-electron chi connectivity index (χ2n) is 14.8. The summed E-state index contributed by atoms with van der Waals surface area (Å²) in [5.41, 5.74) is 13.3. The lowest BCUT2D eigenvalue weighted by Gasteiger charge is -2.23. The highest BCUT2D eigenvalue weighted by atomic mass is 16.3. The average molecular weight is 735 g/mol. The highest BCUT2D eigenvalue weighted by Crippen LogP contribution is 2.43. The third-order valence-electron chi connectivity index (χ3n) is 11.5. The molecule has 0 amide bonds. The van der Waals surface area contributed by atoms with E-state index < -0.39 is 0 Å². The molecule has 2 aliphatic rings. The quantitative estimate of drug-likeness (QED) is 0.191. The normalized spacial score (nSPS) is 15.3. The van der Waals surface area contributed by atoms with Crippen LogP contribution in [0.4, 0.5) is 0 Å². The number of nitrogens with zero attached hydrogens (tertiary/aromatic N) is 3. The molecule has 0 radical (unpaired) electrons. The summed E-state index contributed by atoms with van der Waals surface area (Å²) in [5.74, 6) is 1.40. The Bertz CT molecular complexity index is 3330. The summed E-state index contributed by atoms with van der Waals surface area (Å²) in [6.07, 6.45) is 6.27. The van der Waals surface area contributed by atoms with Crippen molar-refractivity contribution >= 4 is 72.5 Å². The van der Waals surface area contributed by atoms with E-state index in [0.29, 0.717) is 5.84 Å². The monoisotopic (exact) mass is 734 g/mol. The van der Waals surface area contributed by atoms with Gasteiger partial charge in [-0.1, -0.05) is 133 Å². The lowest BCUT2D eigenvalue weighted by atomic mass is 9.98. The molecule has 1 atom stereocenters. The second-order valence-corrected chi connectivity index (χ2v) is 14.8. The number of fused-ring (bicyclic) bond motifs is 9. The molecule has 0 spiro atoms. The van der Waals surface area contributed by atoms with Crippen LogP contribution in [0.5, 0.6) is 0 Å². The van der Waals surface area contributed by atoms with Gasteiger partial charge in [0, 0.05) is 43.8 Å². The topological polar surface area (TPSA) is 68.0 Å². The van der Waals surface area contributed by atoms with Gasteiger partial charge in [0.2, 0.25) is 0 Å². The van der Waals surface area contributed by atoms with Gasteiger partial charge < -0.3 is 18.7 Å². The van der Waals surface area contributed by atoms with Crippen LogP contribution in [0, 0.1) is 0 Å². The van der Waals surface area contributed by atoms with Crippen LogP contribution in [-0.4, -0.2) is 16.2 Å². The van der Waals surface area contributed by atoms with Crippen LogP contribution in [-0.2, 0) is 6.42 Å². The fraction of sp³-hybridized carbons (Fsp3) is 0.0588. The van der Waals surface area contributed by atoms with Gasteiger partial charge >= 0.3 is 0 Å². The first kappa shape index (κ1) is 31.9. The van der Waals surface area contributed by atoms with Crippen molar-refractivity contribution in [2.24, 2.45) is 9.98 Å². The maximum atomic E-state index is 6.83. The van der Waals surface area contributed by atoms with Gasteiger partial charge in [-0.05, 0) is 65.9 Å². The molecular formula is C51H34N4O2. The zero-order valence-corrected chi connectivity index (χ0v) is 30.8. The summed E-state index contributed by atoms with van der Waals surface area (Å²) < 4.78 is 16.1. The summed E-state index contributed by atoms with van der Waals surface area (Å²) in [7, 11) is 0. The molecule has 1 unspecified atom stereocenters. The van der Waals surface area contributed by atoms with Gasteiger partial charge in [0.15, 0.2) is 11.4 Å². The maximum absolute atomic E-state index is 6.83. The smallest absolute Gasteiger partial charge is 0.159 e. The average Bonchev–Trinajstić information content (AvgIpc) is 3.96. The summed E-state index contributed by atoms with van der Waals surface area (Å²) in [4.78, 5) is 10.1. The second kappa shape index (κ2) is 12.5. The molecule has 1 aliphatic carbocycles. The summed E-state index contributed by atoms with van der Waals surface area (Å²) in [6.45, 7) is 0. The number of furan rings is 2. The van der Waals surface area contributed by atoms with Crippen molar-refractivity contribution in [2.45, 2.75) is 19.0 Å². The highest BCUT2D eigenvalue weighted by Gasteiger charge is 2.25. The first-order valence-corrected chi connectivity index (χ1v) is 19.5. The standard InChI is InChI=1S/C51H34N4O2/c1-3-14-31(15-4-1)49-52-50(32-16-5-2-6-17-32)54-51(53-49)40-23-11-21-38-37-29-28-33(30-45(37)57-47(38)40)34-20-13-27-44-46(34)39-22-12-26-43(48(39)56-44)55-41-24-9-7-18-35(41)36-19-8-10-25-42(36)55/h1-9,11-24,26-30,49H,10,25H2,(H,52,53,54). The van der Waals surface area contributed by atoms with Crippen molar-refractivity contribution < 1.29 is 8.83 Å². The summed E-state index contributed by atoms with van der Waals surface area (Å²) in [5, 5.41) is 9.16. The van der Waals surface area contributed by atoms with Crippen molar-refractivity contribution in [3.63, 3.8) is 0 Å². The van der Waals surface area contributed by atoms with Crippen LogP contribution >= 0.6 is 0 Å². The molecule has 1 aliphatic heterocycles. The van der Waals surface area contributed by atoms with Crippen LogP contribution < -0.4 is 5.32 Å². The predicted octanol–water partition coefficient (Wildman–Crippen LogP) is 12.6. The number of hydrogen-bond donors (Lipinski definition) is 1. The largest absolute Gasteiger partial charge is 0.455 e. The fourth-order valence-electron chi connectivity index (χ4n) is 8.96. The Labute approximate surface area is 327 Å². The molecule has 0 saturated heterocycles. The van der Waals surface area contributed by atoms with Crippen LogP contribution in [0.2, 0.25) is 0 Å². The number of hydrogen-bond acceptors (Lipinski definition) is 5. The van der Waals surface area contributed by atoms with E-state index in [1.165, 1.54) is 22.2 Å². The third kappa shape index (κ3) is 4.97. The Hall–Kier alpha value is -7.44. The van der Waals surface area contributed by atoms with E-state index in [4.69, 9.17) is 18.8 Å². The molecule has 57 heavy (non-hydrogen) atoms. The molecular weight excluding hydrogens is 701 g/mol. The van der Waals surface area contributed by atoms with E-state index in [-0.39, 0.29) is 6.17 Å². The number of amidine groups is 2. The molecule has 12 rings (SSSR count). The Morgan fingerprint density at radius 3 is 2.26 bits per heavy atom. The minimum absolute atomic E-state index is 0.301. The van der Waals surface area contributed by atoms with Gasteiger partial charge in [-0.2, -0.15) is 0 Å². The first-order chi connectivity index (χ1) is 28.3. The van der Waals surface area contributed by atoms with E-state index in [1.807, 2.05) is 48.5 Å². The van der Waals surface area contributed by atoms with Gasteiger partial charge in [-0.3, -0.25) is 0 Å². The lowest BCUT2D eigenvalue weighted by molar-refractivity contribution is 0.659. The van der Waals surface area contributed by atoms with Crippen molar-refractivity contribution in [1.82, 2.24) is 9.88 Å². The maximum Gasteiger partial charge on any atom is 0.159 e. The molecule has 10 aromatic rings. The molecule has 3 aromatic heterocycles. The number of allylic oxidation sites excluding steroid dienone is 1. The van der Waals surface area contributed by atoms with E-state index in [0.717, 1.165) is 96.1 Å². The third-order valence-corrected chi connectivity index (χ3v) is 11.5. The highest BCUT2D eigenvalue weighted by molar-refractivity contribution is 6.20. The molecule has 6 nitrogen and oxygen atoms in total. The van der Waals surface area contributed by atoms with Crippen molar-refractivity contribution in [3.8, 4) is 16.8 Å². The minimum Gasteiger partial charge on any atom is -0.455 e. The minimum atomic E-state index is -0.301. The fourth-order valence-corrected chi connectivity index (χ4v) is 8.96. The first-order valence-electron chi connectivity index (χ1n) is 19.5. The van der Waals surface area contributed by atoms with E-state index in [1.54, 1.807) is 0 Å². The van der Waals surface area contributed by atoms with Crippen molar-refractivity contribution in [1.29, 1.82) is 0 Å². The number of aromatic nitrogens is 1. The van der Waals surface area contributed by atoms with Crippen LogP contribution in [0.3, 0.4) is 0 Å². The number of para-hydroxylation sites is 3. The Balaban J connectivity index is 0.995. The SMILES string of the molecule is C1=Cc2c(n(-c3cccc4c3oc3cccc(-c5ccc6c(c5)oc5c(C7=NC(c8ccccc8)=NC(c8ccccc8)N7)cccc56)c34)c3ccccc23)CC1. The molecule has 0 saturated carbocycles. The van der Waals surface area contributed by atoms with Crippen molar-refractivity contribution in [3.05, 3.63) is 192 Å². The predicted molar refractivity (Wildman–Crippen MR) is 232 cm³/mol. The van der Waals surface area contributed by atoms with Gasteiger partial charge in [0.05, 0.1) is 16.8 Å². The molecule has 4 heterocycles. The number of aliphatic imine (C=N–C) groups is 2. The lowest BCUT2D eigenvalue weighted by Crippen LogP contribution is -2.33. The van der Waals surface area contributed by atoms with Crippen LogP contribution in [0.1, 0.15) is 40.5 Å². The van der Waals surface area contributed by atoms with E-state index >= 15 is 0 Å². The summed E-state index contributed by atoms with van der Waals surface area (Å²) in [6, 6.07) is 54.8. The van der Waals surface area contributed by atoms with Gasteiger partial charge in [0.25, 0.3) is 0 Å². The molecule has 0 fully saturated rings. The molecule has 0 bridgehead atoms. The number of nitrogens with one attached hydrogen (secondary N) is 1. The Kier molecular flexibility index (Phi) is 7.01. The zero-order chi connectivity index (χ0) is 37.5. The Morgan fingerprint density at radius 1 is 0.596 bits per heavy atom. The Morgan fingerprint density at radius 2 is 1.35 bits per heavy atom. The summed E-state index contributed by atoms with van der Waals surface area (Å²) >= 11 is 0. The molecule has 270 valence electrons. The number of benzene rings is 7. The van der Waals surface area contributed by atoms with E-state index in [9.17, 15) is 0 Å². The zero-order valence-electron chi connectivity index (χ0n) is 30.8. The van der Waals surface area contributed by atoms with Crippen LogP contribution in [0.15, 0.2) is 183 Å². The molecule has 1 N–H and O–H groups in total. The van der Waals surface area contributed by atoms with E-state index in [2.05, 4.69) is 131 Å². The number of rotatable bonds is 5. The van der Waals surface area contributed by atoms with Crippen LogP contribution in [0.25, 0.3) is 77.7 Å². The van der Waals surface area contributed by atoms with Gasteiger partial charge in [-0.25, -0.2) is 9.98 Å².